The van der Waals surface area contributed by atoms with Crippen molar-refractivity contribution in [2.24, 2.45) is 5.73 Å². The fourth-order valence-electron chi connectivity index (χ4n) is 4.52. The van der Waals surface area contributed by atoms with Crippen LogP contribution in [0.15, 0.2) is 48.5 Å². The first-order valence-corrected chi connectivity index (χ1v) is 10.6. The molecule has 4 rings (SSSR count). The molecule has 2 amide bonds. The summed E-state index contributed by atoms with van der Waals surface area (Å²) in [4.78, 5) is 26.9. The fraction of sp³-hybridized carbons (Fsp3) is 0.391. The molecule has 2 fully saturated rings. The monoisotopic (exact) mass is 411 g/mol. The summed E-state index contributed by atoms with van der Waals surface area (Å²) in [6, 6.07) is 15.3. The number of amides is 2. The number of hydrogen-bond acceptors (Lipinski definition) is 3. The lowest BCUT2D eigenvalue weighted by atomic mass is 9.64. The Labute approximate surface area is 176 Å². The largest absolute Gasteiger partial charge is 0.368 e. The molecule has 0 bridgehead atoms. The summed E-state index contributed by atoms with van der Waals surface area (Å²) in [6.45, 7) is 1.52. The number of nitrogens with one attached hydrogen (secondary N) is 1. The van der Waals surface area contributed by atoms with Gasteiger partial charge in [0, 0.05) is 17.3 Å². The van der Waals surface area contributed by atoms with Gasteiger partial charge >= 0.3 is 0 Å². The van der Waals surface area contributed by atoms with Crippen LogP contribution in [0.4, 0.5) is 5.69 Å². The Bertz CT molecular complexity index is 909. The predicted molar refractivity (Wildman–Crippen MR) is 115 cm³/mol. The molecule has 1 saturated heterocycles. The van der Waals surface area contributed by atoms with Crippen LogP contribution in [0.1, 0.15) is 43.2 Å². The van der Waals surface area contributed by atoms with Gasteiger partial charge in [0.25, 0.3) is 0 Å². The zero-order valence-corrected chi connectivity index (χ0v) is 17.1. The molecule has 0 radical (unpaired) electrons. The molecule has 1 aliphatic heterocycles. The zero-order chi connectivity index (χ0) is 20.4. The summed E-state index contributed by atoms with van der Waals surface area (Å²) < 4.78 is 0. The van der Waals surface area contributed by atoms with Gasteiger partial charge in [-0.2, -0.15) is 0 Å². The molecule has 2 aromatic rings. The van der Waals surface area contributed by atoms with Crippen LogP contribution >= 0.6 is 11.6 Å². The van der Waals surface area contributed by atoms with Crippen molar-refractivity contribution in [3.8, 4) is 0 Å². The average Bonchev–Trinajstić information content (AvgIpc) is 3.11. The molecule has 6 heteroatoms. The van der Waals surface area contributed by atoms with E-state index in [0.717, 1.165) is 55.5 Å². The summed E-state index contributed by atoms with van der Waals surface area (Å²) in [5.74, 6) is -0.235. The summed E-state index contributed by atoms with van der Waals surface area (Å²) in [7, 11) is 0. The first-order chi connectivity index (χ1) is 14.0. The predicted octanol–water partition coefficient (Wildman–Crippen LogP) is 3.85. The zero-order valence-electron chi connectivity index (χ0n) is 16.4. The first kappa shape index (κ1) is 19.9. The van der Waals surface area contributed by atoms with E-state index in [4.69, 9.17) is 17.3 Å². The van der Waals surface area contributed by atoms with E-state index in [-0.39, 0.29) is 17.9 Å². The van der Waals surface area contributed by atoms with Gasteiger partial charge in [0.15, 0.2) is 0 Å². The lowest BCUT2D eigenvalue weighted by molar-refractivity contribution is -0.124. The maximum atomic E-state index is 13.2. The minimum absolute atomic E-state index is 0.0272. The molecule has 3 N–H and O–H groups in total. The third-order valence-electron chi connectivity index (χ3n) is 6.30. The standard InChI is InChI=1S/C23H26ClN3O2/c24-18-9-7-17(8-10-18)23(11-3-12-23)22(29)26-19-5-1-4-16(14-19)15-27-13-2-6-20(27)21(25)28/h1,4-5,7-10,14,20H,2-3,6,11-13,15H2,(H2,25,28)(H,26,29). The highest BCUT2D eigenvalue weighted by Gasteiger charge is 2.45. The van der Waals surface area contributed by atoms with E-state index in [1.54, 1.807) is 0 Å². The molecule has 0 spiro atoms. The Hall–Kier alpha value is -2.37. The van der Waals surface area contributed by atoms with Crippen LogP contribution in [0.3, 0.4) is 0 Å². The Kier molecular flexibility index (Phi) is 5.61. The van der Waals surface area contributed by atoms with Gasteiger partial charge in [0.2, 0.25) is 11.8 Å². The molecular formula is C23H26ClN3O2. The topological polar surface area (TPSA) is 75.4 Å². The average molecular weight is 412 g/mol. The molecule has 152 valence electrons. The van der Waals surface area contributed by atoms with Crippen LogP contribution in [0, 0.1) is 0 Å². The van der Waals surface area contributed by atoms with Crippen LogP contribution in [0.2, 0.25) is 5.02 Å². The van der Waals surface area contributed by atoms with Gasteiger partial charge < -0.3 is 11.1 Å². The minimum Gasteiger partial charge on any atom is -0.368 e. The van der Waals surface area contributed by atoms with E-state index in [9.17, 15) is 9.59 Å². The van der Waals surface area contributed by atoms with Gasteiger partial charge in [-0.3, -0.25) is 14.5 Å². The molecular weight excluding hydrogens is 386 g/mol. The van der Waals surface area contributed by atoms with Crippen molar-refractivity contribution in [1.29, 1.82) is 0 Å². The number of rotatable bonds is 6. The number of likely N-dealkylation sites (tertiary alicyclic amines) is 1. The van der Waals surface area contributed by atoms with Gasteiger partial charge in [-0.25, -0.2) is 0 Å². The lowest BCUT2D eigenvalue weighted by Crippen LogP contribution is -2.46. The van der Waals surface area contributed by atoms with Crippen molar-refractivity contribution in [3.63, 3.8) is 0 Å². The van der Waals surface area contributed by atoms with Gasteiger partial charge in [0.1, 0.15) is 0 Å². The molecule has 2 aromatic carbocycles. The number of primary amides is 1. The molecule has 1 saturated carbocycles. The van der Waals surface area contributed by atoms with E-state index in [1.165, 1.54) is 0 Å². The van der Waals surface area contributed by atoms with Crippen LogP contribution in [-0.2, 0) is 21.5 Å². The SMILES string of the molecule is NC(=O)C1CCCN1Cc1cccc(NC(=O)C2(c3ccc(Cl)cc3)CCC2)c1. The van der Waals surface area contributed by atoms with Crippen molar-refractivity contribution >= 4 is 29.1 Å². The normalized spacial score (nSPS) is 20.8. The second-order valence-electron chi connectivity index (χ2n) is 8.13. The summed E-state index contributed by atoms with van der Waals surface area (Å²) >= 11 is 6.02. The minimum atomic E-state index is -0.480. The molecule has 1 unspecified atom stereocenters. The highest BCUT2D eigenvalue weighted by molar-refractivity contribution is 6.30. The smallest absolute Gasteiger partial charge is 0.235 e. The summed E-state index contributed by atoms with van der Waals surface area (Å²) in [5.41, 5.74) is 7.90. The van der Waals surface area contributed by atoms with Gasteiger partial charge in [-0.05, 0) is 67.6 Å². The summed E-state index contributed by atoms with van der Waals surface area (Å²) in [6.07, 6.45) is 4.52. The van der Waals surface area contributed by atoms with E-state index in [1.807, 2.05) is 48.5 Å². The number of halogens is 1. The number of carbonyl (C=O) groups is 2. The quantitative estimate of drug-likeness (QED) is 0.758. The van der Waals surface area contributed by atoms with Crippen molar-refractivity contribution in [2.75, 3.05) is 11.9 Å². The first-order valence-electron chi connectivity index (χ1n) is 10.2. The van der Waals surface area contributed by atoms with Crippen molar-refractivity contribution in [2.45, 2.75) is 50.1 Å². The Balaban J connectivity index is 1.48. The van der Waals surface area contributed by atoms with E-state index in [0.29, 0.717) is 11.6 Å². The molecule has 1 atom stereocenters. The van der Waals surface area contributed by atoms with E-state index >= 15 is 0 Å². The van der Waals surface area contributed by atoms with Crippen molar-refractivity contribution in [1.82, 2.24) is 4.90 Å². The van der Waals surface area contributed by atoms with Crippen LogP contribution in [0.5, 0.6) is 0 Å². The van der Waals surface area contributed by atoms with Gasteiger partial charge in [0.05, 0.1) is 11.5 Å². The van der Waals surface area contributed by atoms with Gasteiger partial charge in [-0.1, -0.05) is 42.3 Å². The van der Waals surface area contributed by atoms with Crippen molar-refractivity contribution in [3.05, 3.63) is 64.7 Å². The second-order valence-corrected chi connectivity index (χ2v) is 8.56. The number of hydrogen-bond donors (Lipinski definition) is 2. The highest BCUT2D eigenvalue weighted by atomic mass is 35.5. The second kappa shape index (κ2) is 8.17. The van der Waals surface area contributed by atoms with Crippen LogP contribution < -0.4 is 11.1 Å². The third-order valence-corrected chi connectivity index (χ3v) is 6.55. The molecule has 5 nitrogen and oxygen atoms in total. The molecule has 2 aliphatic rings. The number of anilines is 1. The Morgan fingerprint density at radius 1 is 1.14 bits per heavy atom. The van der Waals surface area contributed by atoms with Crippen molar-refractivity contribution < 1.29 is 9.59 Å². The Morgan fingerprint density at radius 3 is 2.55 bits per heavy atom. The lowest BCUT2D eigenvalue weighted by Gasteiger charge is -2.40. The molecule has 29 heavy (non-hydrogen) atoms. The van der Waals surface area contributed by atoms with Crippen LogP contribution in [-0.4, -0.2) is 29.3 Å². The fourth-order valence-corrected chi connectivity index (χ4v) is 4.64. The molecule has 0 aromatic heterocycles. The van der Waals surface area contributed by atoms with Crippen LogP contribution in [0.25, 0.3) is 0 Å². The van der Waals surface area contributed by atoms with E-state index < -0.39 is 5.41 Å². The molecule has 1 heterocycles. The third kappa shape index (κ3) is 4.02. The maximum absolute atomic E-state index is 13.2. The number of benzene rings is 2. The Morgan fingerprint density at radius 2 is 1.90 bits per heavy atom. The maximum Gasteiger partial charge on any atom is 0.235 e. The number of nitrogens with two attached hydrogens (primary N) is 1. The summed E-state index contributed by atoms with van der Waals surface area (Å²) in [5, 5.41) is 3.79. The highest BCUT2D eigenvalue weighted by Crippen LogP contribution is 2.45. The van der Waals surface area contributed by atoms with Gasteiger partial charge in [-0.15, -0.1) is 0 Å². The molecule has 1 aliphatic carbocycles. The number of carbonyl (C=O) groups excluding carboxylic acids is 2. The van der Waals surface area contributed by atoms with E-state index in [2.05, 4.69) is 10.2 Å². The number of nitrogens with zero attached hydrogens (tertiary/aromatic N) is 1.